The fourth-order valence-corrected chi connectivity index (χ4v) is 1.44. The van der Waals surface area contributed by atoms with Crippen LogP contribution in [0.15, 0.2) is 24.3 Å². The van der Waals surface area contributed by atoms with Gasteiger partial charge < -0.3 is 14.6 Å². The molecule has 0 aliphatic rings. The van der Waals surface area contributed by atoms with E-state index in [-0.39, 0.29) is 12.0 Å². The van der Waals surface area contributed by atoms with Crippen molar-refractivity contribution in [2.24, 2.45) is 0 Å². The molecule has 17 heavy (non-hydrogen) atoms. The quantitative estimate of drug-likeness (QED) is 0.773. The van der Waals surface area contributed by atoms with Gasteiger partial charge in [-0.2, -0.15) is 0 Å². The van der Waals surface area contributed by atoms with E-state index in [1.807, 2.05) is 12.1 Å². The van der Waals surface area contributed by atoms with Crippen LogP contribution in [0.3, 0.4) is 0 Å². The van der Waals surface area contributed by atoms with Crippen LogP contribution in [0.5, 0.6) is 5.75 Å². The third kappa shape index (κ3) is 5.20. The van der Waals surface area contributed by atoms with Gasteiger partial charge in [-0.1, -0.05) is 32.9 Å². The van der Waals surface area contributed by atoms with Gasteiger partial charge in [-0.15, -0.1) is 0 Å². The zero-order valence-electron chi connectivity index (χ0n) is 10.9. The zero-order valence-corrected chi connectivity index (χ0v) is 10.9. The zero-order chi connectivity index (χ0) is 12.7. The van der Waals surface area contributed by atoms with Crippen LogP contribution in [0.4, 0.5) is 0 Å². The predicted octanol–water partition coefficient (Wildman–Crippen LogP) is 2.37. The first-order valence-corrected chi connectivity index (χ1v) is 5.96. The summed E-state index contributed by atoms with van der Waals surface area (Å²) in [6, 6.07) is 8.12. The number of aliphatic hydroxyl groups excluding tert-OH is 1. The molecule has 0 radical (unpaired) electrons. The summed E-state index contributed by atoms with van der Waals surface area (Å²) >= 11 is 0. The Morgan fingerprint density at radius 1 is 1.12 bits per heavy atom. The molecule has 0 fully saturated rings. The van der Waals surface area contributed by atoms with E-state index in [9.17, 15) is 0 Å². The third-order valence-corrected chi connectivity index (χ3v) is 2.43. The van der Waals surface area contributed by atoms with Crippen molar-refractivity contribution in [3.05, 3.63) is 29.8 Å². The van der Waals surface area contributed by atoms with Gasteiger partial charge in [0.15, 0.2) is 0 Å². The minimum atomic E-state index is 0.0551. The Balaban J connectivity index is 2.44. The van der Waals surface area contributed by atoms with Crippen LogP contribution in [0.1, 0.15) is 26.3 Å². The molecule has 0 amide bonds. The normalized spacial score (nSPS) is 11.5. The standard InChI is InChI=1S/C14H22O3/c1-14(2,3)12-5-4-6-13(11-12)17-10-9-16-8-7-15/h4-6,11,15H,7-10H2,1-3H3. The van der Waals surface area contributed by atoms with Gasteiger partial charge in [0.1, 0.15) is 12.4 Å². The molecule has 0 aromatic heterocycles. The summed E-state index contributed by atoms with van der Waals surface area (Å²) in [6.45, 7) is 7.96. The Labute approximate surface area is 103 Å². The van der Waals surface area contributed by atoms with Gasteiger partial charge in [-0.05, 0) is 23.1 Å². The fourth-order valence-electron chi connectivity index (χ4n) is 1.44. The highest BCUT2D eigenvalue weighted by Crippen LogP contribution is 2.25. The predicted molar refractivity (Wildman–Crippen MR) is 68.5 cm³/mol. The Morgan fingerprint density at radius 3 is 2.53 bits per heavy atom. The van der Waals surface area contributed by atoms with Crippen LogP contribution >= 0.6 is 0 Å². The molecule has 1 aromatic carbocycles. The highest BCUT2D eigenvalue weighted by Gasteiger charge is 2.13. The summed E-state index contributed by atoms with van der Waals surface area (Å²) in [5.74, 6) is 0.866. The van der Waals surface area contributed by atoms with E-state index in [1.54, 1.807) is 0 Å². The van der Waals surface area contributed by atoms with E-state index in [4.69, 9.17) is 14.6 Å². The van der Waals surface area contributed by atoms with Gasteiger partial charge in [0.25, 0.3) is 0 Å². The summed E-state index contributed by atoms with van der Waals surface area (Å²) in [7, 11) is 0. The summed E-state index contributed by atoms with van der Waals surface area (Å²) in [4.78, 5) is 0. The summed E-state index contributed by atoms with van der Waals surface area (Å²) in [6.07, 6.45) is 0. The second-order valence-electron chi connectivity index (χ2n) is 4.96. The lowest BCUT2D eigenvalue weighted by Crippen LogP contribution is -2.12. The first-order valence-electron chi connectivity index (χ1n) is 5.96. The number of aliphatic hydroxyl groups is 1. The van der Waals surface area contributed by atoms with Crippen molar-refractivity contribution in [1.29, 1.82) is 0 Å². The van der Waals surface area contributed by atoms with Crippen molar-refractivity contribution in [2.75, 3.05) is 26.4 Å². The molecule has 3 heteroatoms. The SMILES string of the molecule is CC(C)(C)c1cccc(OCCOCCO)c1. The monoisotopic (exact) mass is 238 g/mol. The highest BCUT2D eigenvalue weighted by molar-refractivity contribution is 5.32. The van der Waals surface area contributed by atoms with Crippen molar-refractivity contribution >= 4 is 0 Å². The average Bonchev–Trinajstić information content (AvgIpc) is 2.28. The molecule has 0 atom stereocenters. The first kappa shape index (κ1) is 14.0. The van der Waals surface area contributed by atoms with E-state index in [2.05, 4.69) is 32.9 Å². The van der Waals surface area contributed by atoms with E-state index < -0.39 is 0 Å². The molecule has 96 valence electrons. The molecular formula is C14H22O3. The molecule has 0 aliphatic carbocycles. The van der Waals surface area contributed by atoms with Crippen LogP contribution in [0.25, 0.3) is 0 Å². The van der Waals surface area contributed by atoms with Crippen LogP contribution in [0.2, 0.25) is 0 Å². The lowest BCUT2D eigenvalue weighted by Gasteiger charge is -2.19. The molecule has 1 N–H and O–H groups in total. The van der Waals surface area contributed by atoms with E-state index in [0.29, 0.717) is 19.8 Å². The maximum atomic E-state index is 8.54. The van der Waals surface area contributed by atoms with Crippen molar-refractivity contribution in [3.63, 3.8) is 0 Å². The largest absolute Gasteiger partial charge is 0.491 e. The Morgan fingerprint density at radius 2 is 1.88 bits per heavy atom. The number of benzene rings is 1. The smallest absolute Gasteiger partial charge is 0.119 e. The molecule has 1 rings (SSSR count). The van der Waals surface area contributed by atoms with E-state index >= 15 is 0 Å². The number of hydrogen-bond acceptors (Lipinski definition) is 3. The Bertz CT molecular complexity index is 328. The molecule has 0 bridgehead atoms. The lowest BCUT2D eigenvalue weighted by atomic mass is 9.87. The van der Waals surface area contributed by atoms with Gasteiger partial charge in [-0.25, -0.2) is 0 Å². The Kier molecular flexibility index (Phi) is 5.45. The van der Waals surface area contributed by atoms with E-state index in [0.717, 1.165) is 5.75 Å². The Hall–Kier alpha value is -1.06. The number of rotatable bonds is 6. The van der Waals surface area contributed by atoms with Crippen LogP contribution in [0, 0.1) is 0 Å². The molecule has 0 spiro atoms. The molecule has 1 aromatic rings. The van der Waals surface area contributed by atoms with Crippen molar-refractivity contribution in [1.82, 2.24) is 0 Å². The fraction of sp³-hybridized carbons (Fsp3) is 0.571. The lowest BCUT2D eigenvalue weighted by molar-refractivity contribution is 0.0705. The molecule has 0 heterocycles. The van der Waals surface area contributed by atoms with Crippen molar-refractivity contribution in [2.45, 2.75) is 26.2 Å². The maximum Gasteiger partial charge on any atom is 0.119 e. The van der Waals surface area contributed by atoms with Gasteiger partial charge in [0, 0.05) is 0 Å². The van der Waals surface area contributed by atoms with Crippen molar-refractivity contribution in [3.8, 4) is 5.75 Å². The highest BCUT2D eigenvalue weighted by atomic mass is 16.5. The minimum absolute atomic E-state index is 0.0551. The number of hydrogen-bond donors (Lipinski definition) is 1. The second-order valence-corrected chi connectivity index (χ2v) is 4.96. The molecule has 0 unspecified atom stereocenters. The molecule has 0 saturated heterocycles. The minimum Gasteiger partial charge on any atom is -0.491 e. The second kappa shape index (κ2) is 6.62. The molecule has 0 saturated carbocycles. The van der Waals surface area contributed by atoms with Gasteiger partial charge in [-0.3, -0.25) is 0 Å². The van der Waals surface area contributed by atoms with Gasteiger partial charge in [0.05, 0.1) is 19.8 Å². The summed E-state index contributed by atoms with van der Waals surface area (Å²) in [5.41, 5.74) is 1.39. The topological polar surface area (TPSA) is 38.7 Å². The average molecular weight is 238 g/mol. The van der Waals surface area contributed by atoms with Gasteiger partial charge in [0.2, 0.25) is 0 Å². The van der Waals surface area contributed by atoms with Crippen LogP contribution in [-0.2, 0) is 10.2 Å². The summed E-state index contributed by atoms with van der Waals surface area (Å²) in [5, 5.41) is 8.54. The molecule has 0 aliphatic heterocycles. The van der Waals surface area contributed by atoms with Crippen LogP contribution in [-0.4, -0.2) is 31.5 Å². The number of ether oxygens (including phenoxy) is 2. The molecule has 3 nitrogen and oxygen atoms in total. The maximum absolute atomic E-state index is 8.54. The first-order chi connectivity index (χ1) is 8.04. The van der Waals surface area contributed by atoms with Gasteiger partial charge >= 0.3 is 0 Å². The van der Waals surface area contributed by atoms with Crippen LogP contribution < -0.4 is 4.74 Å². The van der Waals surface area contributed by atoms with Crippen molar-refractivity contribution < 1.29 is 14.6 Å². The molecular weight excluding hydrogens is 216 g/mol. The summed E-state index contributed by atoms with van der Waals surface area (Å²) < 4.78 is 10.7. The third-order valence-electron chi connectivity index (χ3n) is 2.43. The van der Waals surface area contributed by atoms with E-state index in [1.165, 1.54) is 5.56 Å².